The summed E-state index contributed by atoms with van der Waals surface area (Å²) < 4.78 is 23.1. The lowest BCUT2D eigenvalue weighted by molar-refractivity contribution is 0.0941. The highest BCUT2D eigenvalue weighted by Crippen LogP contribution is 2.47. The first-order valence-corrected chi connectivity index (χ1v) is 9.41. The summed E-state index contributed by atoms with van der Waals surface area (Å²) in [7, 11) is -3.28. The summed E-state index contributed by atoms with van der Waals surface area (Å²) in [5.41, 5.74) is 0.418. The van der Waals surface area contributed by atoms with E-state index in [1.165, 1.54) is 37.8 Å². The van der Waals surface area contributed by atoms with E-state index in [0.717, 1.165) is 18.1 Å². The molecule has 0 aliphatic heterocycles. The molecule has 0 saturated heterocycles. The Bertz CT molecular complexity index is 653. The quantitative estimate of drug-likeness (QED) is 0.928. The molecule has 2 saturated carbocycles. The zero-order valence-electron chi connectivity index (χ0n) is 12.2. The van der Waals surface area contributed by atoms with E-state index in [0.29, 0.717) is 18.0 Å². The highest BCUT2D eigenvalue weighted by molar-refractivity contribution is 7.90. The van der Waals surface area contributed by atoms with Crippen LogP contribution in [0.3, 0.4) is 0 Å². The summed E-state index contributed by atoms with van der Waals surface area (Å²) in [6.45, 7) is 0.711. The second-order valence-corrected chi connectivity index (χ2v) is 8.46. The van der Waals surface area contributed by atoms with Crippen LogP contribution < -0.4 is 5.32 Å². The van der Waals surface area contributed by atoms with Crippen molar-refractivity contribution < 1.29 is 13.2 Å². The average molecular weight is 307 g/mol. The fourth-order valence-electron chi connectivity index (χ4n) is 3.82. The third kappa shape index (κ3) is 3.12. The minimum absolute atomic E-state index is 0.178. The van der Waals surface area contributed by atoms with Gasteiger partial charge in [-0.1, -0.05) is 12.5 Å². The molecule has 0 spiro atoms. The topological polar surface area (TPSA) is 63.2 Å². The third-order valence-electron chi connectivity index (χ3n) is 4.93. The van der Waals surface area contributed by atoms with E-state index in [1.54, 1.807) is 12.1 Å². The average Bonchev–Trinajstić information content (AvgIpc) is 3.06. The van der Waals surface area contributed by atoms with Gasteiger partial charge in [0.1, 0.15) is 0 Å². The van der Waals surface area contributed by atoms with E-state index in [1.807, 2.05) is 0 Å². The number of rotatable bonds is 4. The number of benzene rings is 1. The summed E-state index contributed by atoms with van der Waals surface area (Å²) in [5.74, 6) is 2.07. The Balaban J connectivity index is 1.63. The molecule has 1 N–H and O–H groups in total. The van der Waals surface area contributed by atoms with Crippen LogP contribution in [0, 0.1) is 17.8 Å². The molecule has 1 amide bonds. The van der Waals surface area contributed by atoms with Crippen LogP contribution in [0.1, 0.15) is 36.0 Å². The molecule has 2 bridgehead atoms. The van der Waals surface area contributed by atoms with E-state index in [-0.39, 0.29) is 10.8 Å². The lowest BCUT2D eigenvalue weighted by Gasteiger charge is -2.21. The third-order valence-corrected chi connectivity index (χ3v) is 6.04. The SMILES string of the molecule is CS(=O)(=O)c1cccc(C(=O)NC[C@H]2C[C@H]3CC[C@H]2C3)c1. The van der Waals surface area contributed by atoms with Gasteiger partial charge in [0.2, 0.25) is 0 Å². The highest BCUT2D eigenvalue weighted by atomic mass is 32.2. The number of sulfone groups is 1. The molecule has 0 heterocycles. The Hall–Kier alpha value is -1.36. The summed E-state index contributed by atoms with van der Waals surface area (Å²) in [5, 5.41) is 2.97. The van der Waals surface area contributed by atoms with E-state index in [2.05, 4.69) is 5.32 Å². The first-order valence-electron chi connectivity index (χ1n) is 7.52. The van der Waals surface area contributed by atoms with Gasteiger partial charge in [-0.15, -0.1) is 0 Å². The molecule has 5 heteroatoms. The van der Waals surface area contributed by atoms with Crippen LogP contribution in [0.5, 0.6) is 0 Å². The first kappa shape index (κ1) is 14.6. The van der Waals surface area contributed by atoms with Crippen molar-refractivity contribution in [3.8, 4) is 0 Å². The maximum absolute atomic E-state index is 12.2. The number of carbonyl (C=O) groups excluding carboxylic acids is 1. The maximum atomic E-state index is 12.2. The number of hydrogen-bond donors (Lipinski definition) is 1. The minimum atomic E-state index is -3.28. The van der Waals surface area contributed by atoms with Crippen LogP contribution in [-0.2, 0) is 9.84 Å². The van der Waals surface area contributed by atoms with Gasteiger partial charge in [-0.25, -0.2) is 8.42 Å². The van der Waals surface area contributed by atoms with Crippen LogP contribution in [0.15, 0.2) is 29.2 Å². The van der Waals surface area contributed by atoms with Gasteiger partial charge in [-0.2, -0.15) is 0 Å². The zero-order chi connectivity index (χ0) is 15.0. The maximum Gasteiger partial charge on any atom is 0.251 e. The fraction of sp³-hybridized carbons (Fsp3) is 0.562. The van der Waals surface area contributed by atoms with Gasteiger partial charge in [0, 0.05) is 18.4 Å². The molecule has 2 aliphatic rings. The van der Waals surface area contributed by atoms with Crippen molar-refractivity contribution >= 4 is 15.7 Å². The molecule has 3 atom stereocenters. The molecule has 2 aliphatic carbocycles. The van der Waals surface area contributed by atoms with Gasteiger partial charge in [-0.05, 0) is 55.2 Å². The molecule has 1 aromatic rings. The lowest BCUT2D eigenvalue weighted by atomic mass is 9.89. The van der Waals surface area contributed by atoms with Crippen molar-refractivity contribution in [1.29, 1.82) is 0 Å². The van der Waals surface area contributed by atoms with Crippen LogP contribution in [0.2, 0.25) is 0 Å². The monoisotopic (exact) mass is 307 g/mol. The Morgan fingerprint density at radius 1 is 1.29 bits per heavy atom. The van der Waals surface area contributed by atoms with Crippen LogP contribution in [0.25, 0.3) is 0 Å². The second kappa shape index (κ2) is 5.44. The van der Waals surface area contributed by atoms with Crippen molar-refractivity contribution in [2.24, 2.45) is 17.8 Å². The van der Waals surface area contributed by atoms with E-state index in [9.17, 15) is 13.2 Å². The Morgan fingerprint density at radius 3 is 2.71 bits per heavy atom. The fourth-order valence-corrected chi connectivity index (χ4v) is 4.49. The lowest BCUT2D eigenvalue weighted by Crippen LogP contribution is -2.31. The summed E-state index contributed by atoms with van der Waals surface area (Å²) in [6.07, 6.45) is 6.36. The summed E-state index contributed by atoms with van der Waals surface area (Å²) in [6, 6.07) is 6.24. The molecule has 114 valence electrons. The number of nitrogens with one attached hydrogen (secondary N) is 1. The van der Waals surface area contributed by atoms with E-state index < -0.39 is 9.84 Å². The predicted octanol–water partition coefficient (Wildman–Crippen LogP) is 2.26. The zero-order valence-corrected chi connectivity index (χ0v) is 13.0. The molecule has 0 unspecified atom stereocenters. The highest BCUT2D eigenvalue weighted by Gasteiger charge is 2.39. The molecule has 1 aromatic carbocycles. The molecular formula is C16H21NO3S. The normalized spacial score (nSPS) is 27.8. The summed E-state index contributed by atoms with van der Waals surface area (Å²) >= 11 is 0. The van der Waals surface area contributed by atoms with Gasteiger partial charge in [-0.3, -0.25) is 4.79 Å². The molecule has 21 heavy (non-hydrogen) atoms. The molecule has 2 fully saturated rings. The molecule has 3 rings (SSSR count). The predicted molar refractivity (Wildman–Crippen MR) is 80.8 cm³/mol. The van der Waals surface area contributed by atoms with Crippen molar-refractivity contribution in [3.05, 3.63) is 29.8 Å². The number of carbonyl (C=O) groups is 1. The van der Waals surface area contributed by atoms with Crippen molar-refractivity contribution in [2.75, 3.05) is 12.8 Å². The van der Waals surface area contributed by atoms with Crippen LogP contribution in [0.4, 0.5) is 0 Å². The van der Waals surface area contributed by atoms with Gasteiger partial charge >= 0.3 is 0 Å². The van der Waals surface area contributed by atoms with E-state index >= 15 is 0 Å². The summed E-state index contributed by atoms with van der Waals surface area (Å²) in [4.78, 5) is 12.4. The van der Waals surface area contributed by atoms with Crippen molar-refractivity contribution in [2.45, 2.75) is 30.6 Å². The number of amides is 1. The van der Waals surface area contributed by atoms with Crippen LogP contribution >= 0.6 is 0 Å². The Kier molecular flexibility index (Phi) is 3.78. The number of hydrogen-bond acceptors (Lipinski definition) is 3. The standard InChI is InChI=1S/C16H21NO3S/c1-21(19,20)15-4-2-3-13(9-15)16(18)17-10-14-8-11-5-6-12(14)7-11/h2-4,9,11-12,14H,5-8,10H2,1H3,(H,17,18)/t11-,12-,14+/m0/s1. The van der Waals surface area contributed by atoms with Gasteiger partial charge in [0.25, 0.3) is 5.91 Å². The van der Waals surface area contributed by atoms with Crippen molar-refractivity contribution in [3.63, 3.8) is 0 Å². The molecule has 0 aromatic heterocycles. The number of fused-ring (bicyclic) bond motifs is 2. The van der Waals surface area contributed by atoms with Gasteiger partial charge in [0.15, 0.2) is 9.84 Å². The van der Waals surface area contributed by atoms with Gasteiger partial charge < -0.3 is 5.32 Å². The molecule has 4 nitrogen and oxygen atoms in total. The minimum Gasteiger partial charge on any atom is -0.352 e. The molecule has 0 radical (unpaired) electrons. The Morgan fingerprint density at radius 2 is 2.10 bits per heavy atom. The van der Waals surface area contributed by atoms with Crippen molar-refractivity contribution in [1.82, 2.24) is 5.32 Å². The Labute approximate surface area is 125 Å². The van der Waals surface area contributed by atoms with Crippen LogP contribution in [-0.4, -0.2) is 27.1 Å². The van der Waals surface area contributed by atoms with E-state index in [4.69, 9.17) is 0 Å². The smallest absolute Gasteiger partial charge is 0.251 e. The first-order chi connectivity index (χ1) is 9.93. The van der Waals surface area contributed by atoms with Gasteiger partial charge in [0.05, 0.1) is 4.90 Å². The molecular weight excluding hydrogens is 286 g/mol. The largest absolute Gasteiger partial charge is 0.352 e. The second-order valence-electron chi connectivity index (χ2n) is 6.44.